The molecule has 1 atom stereocenters. The summed E-state index contributed by atoms with van der Waals surface area (Å²) in [5.74, 6) is 2.31. The standard InChI is InChI=1S/C17H22N2O2/c1-4-20-17-7-5-6-16(19-17)18-14(3)12-21-15-10-8-13(2)9-11-15/h5-11,14H,4,12H2,1-3H3,(H,18,19). The number of hydrogen-bond acceptors (Lipinski definition) is 4. The molecule has 2 aromatic rings. The highest BCUT2D eigenvalue weighted by molar-refractivity contribution is 5.38. The van der Waals surface area contributed by atoms with Crippen LogP contribution in [0, 0.1) is 6.92 Å². The molecule has 0 aliphatic carbocycles. The number of pyridine rings is 1. The predicted molar refractivity (Wildman–Crippen MR) is 85.2 cm³/mol. The fourth-order valence-electron chi connectivity index (χ4n) is 1.87. The molecule has 0 bridgehead atoms. The second-order valence-electron chi connectivity index (χ2n) is 4.96. The predicted octanol–water partition coefficient (Wildman–Crippen LogP) is 3.67. The summed E-state index contributed by atoms with van der Waals surface area (Å²) >= 11 is 0. The first-order valence-corrected chi connectivity index (χ1v) is 7.23. The fraction of sp³-hybridized carbons (Fsp3) is 0.353. The van der Waals surface area contributed by atoms with Gasteiger partial charge in [-0.3, -0.25) is 0 Å². The molecule has 0 fully saturated rings. The van der Waals surface area contributed by atoms with Crippen molar-refractivity contribution in [3.05, 3.63) is 48.0 Å². The van der Waals surface area contributed by atoms with E-state index in [1.165, 1.54) is 5.56 Å². The Morgan fingerprint density at radius 2 is 1.86 bits per heavy atom. The monoisotopic (exact) mass is 286 g/mol. The topological polar surface area (TPSA) is 43.4 Å². The average molecular weight is 286 g/mol. The number of nitrogens with one attached hydrogen (secondary N) is 1. The molecular weight excluding hydrogens is 264 g/mol. The summed E-state index contributed by atoms with van der Waals surface area (Å²) in [6.45, 7) is 7.25. The zero-order chi connectivity index (χ0) is 15.1. The third-order valence-electron chi connectivity index (χ3n) is 2.93. The Kier molecular flexibility index (Phi) is 5.43. The van der Waals surface area contributed by atoms with Gasteiger partial charge in [0.2, 0.25) is 5.88 Å². The van der Waals surface area contributed by atoms with Crippen LogP contribution in [-0.4, -0.2) is 24.2 Å². The quantitative estimate of drug-likeness (QED) is 0.843. The van der Waals surface area contributed by atoms with Crippen molar-refractivity contribution in [2.45, 2.75) is 26.8 Å². The number of nitrogens with zero attached hydrogens (tertiary/aromatic N) is 1. The van der Waals surface area contributed by atoms with Crippen LogP contribution in [0.25, 0.3) is 0 Å². The lowest BCUT2D eigenvalue weighted by Crippen LogP contribution is -2.24. The Balaban J connectivity index is 1.85. The largest absolute Gasteiger partial charge is 0.491 e. The molecule has 0 radical (unpaired) electrons. The van der Waals surface area contributed by atoms with Gasteiger partial charge in [-0.25, -0.2) is 0 Å². The maximum atomic E-state index is 5.75. The van der Waals surface area contributed by atoms with E-state index in [1.54, 1.807) is 0 Å². The summed E-state index contributed by atoms with van der Waals surface area (Å²) in [5, 5.41) is 3.31. The van der Waals surface area contributed by atoms with Crippen LogP contribution in [0.3, 0.4) is 0 Å². The van der Waals surface area contributed by atoms with Gasteiger partial charge in [0.1, 0.15) is 18.2 Å². The second-order valence-corrected chi connectivity index (χ2v) is 4.96. The van der Waals surface area contributed by atoms with E-state index >= 15 is 0 Å². The van der Waals surface area contributed by atoms with Gasteiger partial charge < -0.3 is 14.8 Å². The van der Waals surface area contributed by atoms with Crippen LogP contribution in [0.15, 0.2) is 42.5 Å². The first kappa shape index (κ1) is 15.2. The molecule has 0 aliphatic rings. The molecule has 0 aliphatic heterocycles. The van der Waals surface area contributed by atoms with Gasteiger partial charge in [0, 0.05) is 6.07 Å². The van der Waals surface area contributed by atoms with E-state index in [4.69, 9.17) is 9.47 Å². The normalized spacial score (nSPS) is 11.8. The van der Waals surface area contributed by atoms with Crippen molar-refractivity contribution in [1.29, 1.82) is 0 Å². The summed E-state index contributed by atoms with van der Waals surface area (Å²) in [6.07, 6.45) is 0. The molecule has 21 heavy (non-hydrogen) atoms. The number of hydrogen-bond donors (Lipinski definition) is 1. The first-order chi connectivity index (χ1) is 10.2. The third-order valence-corrected chi connectivity index (χ3v) is 2.93. The molecule has 0 spiro atoms. The van der Waals surface area contributed by atoms with Crippen molar-refractivity contribution in [2.24, 2.45) is 0 Å². The zero-order valence-corrected chi connectivity index (χ0v) is 12.8. The molecule has 1 heterocycles. The van der Waals surface area contributed by atoms with Gasteiger partial charge in [-0.15, -0.1) is 0 Å². The molecule has 1 aromatic carbocycles. The van der Waals surface area contributed by atoms with Gasteiger partial charge in [0.25, 0.3) is 0 Å². The molecule has 1 N–H and O–H groups in total. The first-order valence-electron chi connectivity index (χ1n) is 7.23. The van der Waals surface area contributed by atoms with Crippen molar-refractivity contribution in [3.8, 4) is 11.6 Å². The van der Waals surface area contributed by atoms with Crippen LogP contribution < -0.4 is 14.8 Å². The van der Waals surface area contributed by atoms with Crippen molar-refractivity contribution in [1.82, 2.24) is 4.98 Å². The smallest absolute Gasteiger partial charge is 0.215 e. The maximum Gasteiger partial charge on any atom is 0.215 e. The fourth-order valence-corrected chi connectivity index (χ4v) is 1.87. The van der Waals surface area contributed by atoms with Gasteiger partial charge in [0.05, 0.1) is 12.6 Å². The highest BCUT2D eigenvalue weighted by Gasteiger charge is 2.05. The van der Waals surface area contributed by atoms with E-state index in [9.17, 15) is 0 Å². The molecule has 0 saturated heterocycles. The average Bonchev–Trinajstić information content (AvgIpc) is 2.47. The highest BCUT2D eigenvalue weighted by Crippen LogP contribution is 2.14. The molecule has 1 unspecified atom stereocenters. The van der Waals surface area contributed by atoms with Crippen LogP contribution in [-0.2, 0) is 0 Å². The van der Waals surface area contributed by atoms with Gasteiger partial charge >= 0.3 is 0 Å². The number of ether oxygens (including phenoxy) is 2. The van der Waals surface area contributed by atoms with Crippen molar-refractivity contribution in [3.63, 3.8) is 0 Å². The van der Waals surface area contributed by atoms with Crippen LogP contribution in [0.1, 0.15) is 19.4 Å². The van der Waals surface area contributed by atoms with Crippen LogP contribution >= 0.6 is 0 Å². The third kappa shape index (κ3) is 4.99. The molecule has 1 aromatic heterocycles. The Morgan fingerprint density at radius 3 is 2.57 bits per heavy atom. The van der Waals surface area contributed by atoms with Crippen LogP contribution in [0.4, 0.5) is 5.82 Å². The van der Waals surface area contributed by atoms with Gasteiger partial charge in [-0.1, -0.05) is 23.8 Å². The molecule has 4 heteroatoms. The summed E-state index contributed by atoms with van der Waals surface area (Å²) in [7, 11) is 0. The summed E-state index contributed by atoms with van der Waals surface area (Å²) in [6, 6.07) is 13.9. The SMILES string of the molecule is CCOc1cccc(NC(C)COc2ccc(C)cc2)n1. The Morgan fingerprint density at radius 1 is 1.10 bits per heavy atom. The van der Waals surface area contributed by atoms with Gasteiger partial charge in [0.15, 0.2) is 0 Å². The lowest BCUT2D eigenvalue weighted by atomic mass is 10.2. The van der Waals surface area contributed by atoms with E-state index < -0.39 is 0 Å². The lowest BCUT2D eigenvalue weighted by molar-refractivity contribution is 0.303. The Hall–Kier alpha value is -2.23. The second kappa shape index (κ2) is 7.53. The van der Waals surface area contributed by atoms with E-state index in [0.29, 0.717) is 19.1 Å². The van der Waals surface area contributed by atoms with Crippen LogP contribution in [0.5, 0.6) is 11.6 Å². The minimum absolute atomic E-state index is 0.149. The lowest BCUT2D eigenvalue weighted by Gasteiger charge is -2.16. The number of anilines is 1. The number of benzene rings is 1. The zero-order valence-electron chi connectivity index (χ0n) is 12.8. The van der Waals surface area contributed by atoms with Crippen molar-refractivity contribution < 1.29 is 9.47 Å². The van der Waals surface area contributed by atoms with E-state index in [2.05, 4.69) is 24.1 Å². The van der Waals surface area contributed by atoms with E-state index in [1.807, 2.05) is 49.4 Å². The number of aromatic nitrogens is 1. The molecule has 112 valence electrons. The molecule has 2 rings (SSSR count). The maximum absolute atomic E-state index is 5.75. The number of aryl methyl sites for hydroxylation is 1. The van der Waals surface area contributed by atoms with Gasteiger partial charge in [-0.05, 0) is 39.0 Å². The summed E-state index contributed by atoms with van der Waals surface area (Å²) in [5.41, 5.74) is 1.23. The Labute approximate surface area is 126 Å². The molecular formula is C17H22N2O2. The minimum atomic E-state index is 0.149. The summed E-state index contributed by atoms with van der Waals surface area (Å²) in [4.78, 5) is 4.38. The van der Waals surface area contributed by atoms with E-state index in [-0.39, 0.29) is 6.04 Å². The van der Waals surface area contributed by atoms with Crippen molar-refractivity contribution in [2.75, 3.05) is 18.5 Å². The molecule has 4 nitrogen and oxygen atoms in total. The van der Waals surface area contributed by atoms with Gasteiger partial charge in [-0.2, -0.15) is 4.98 Å². The van der Waals surface area contributed by atoms with Crippen LogP contribution in [0.2, 0.25) is 0 Å². The highest BCUT2D eigenvalue weighted by atomic mass is 16.5. The van der Waals surface area contributed by atoms with E-state index in [0.717, 1.165) is 11.6 Å². The number of rotatable bonds is 7. The molecule has 0 amide bonds. The van der Waals surface area contributed by atoms with Crippen molar-refractivity contribution >= 4 is 5.82 Å². The Bertz CT molecular complexity index is 555. The minimum Gasteiger partial charge on any atom is -0.491 e. The summed E-state index contributed by atoms with van der Waals surface area (Å²) < 4.78 is 11.1. The molecule has 0 saturated carbocycles.